The summed E-state index contributed by atoms with van der Waals surface area (Å²) in [6.07, 6.45) is 4.05. The third-order valence-electron chi connectivity index (χ3n) is 2.92. The van der Waals surface area contributed by atoms with Crippen molar-refractivity contribution in [3.63, 3.8) is 0 Å². The summed E-state index contributed by atoms with van der Waals surface area (Å²) in [6.45, 7) is 17.4. The van der Waals surface area contributed by atoms with Crippen LogP contribution in [0.4, 0.5) is 0 Å². The van der Waals surface area contributed by atoms with E-state index in [1.807, 2.05) is 0 Å². The van der Waals surface area contributed by atoms with Crippen molar-refractivity contribution < 1.29 is 0 Å². The van der Waals surface area contributed by atoms with Crippen molar-refractivity contribution in [1.82, 2.24) is 4.90 Å². The monoisotopic (exact) mass is 213 g/mol. The molecule has 0 unspecified atom stereocenters. The Bertz CT molecular complexity index is 145. The summed E-state index contributed by atoms with van der Waals surface area (Å²) in [4.78, 5) is 2.59. The normalized spacial score (nSPS) is 13.2. The first-order chi connectivity index (χ1) is 6.74. The summed E-state index contributed by atoms with van der Waals surface area (Å²) >= 11 is 0. The lowest BCUT2D eigenvalue weighted by molar-refractivity contribution is 0.169. The fourth-order valence-electron chi connectivity index (χ4n) is 2.06. The molecule has 0 aliphatic carbocycles. The molecule has 92 valence electrons. The van der Waals surface area contributed by atoms with Crippen LogP contribution in [0.2, 0.25) is 0 Å². The van der Waals surface area contributed by atoms with Gasteiger partial charge >= 0.3 is 0 Å². The van der Waals surface area contributed by atoms with Crippen LogP contribution in [0.25, 0.3) is 0 Å². The van der Waals surface area contributed by atoms with Gasteiger partial charge in [-0.25, -0.2) is 0 Å². The topological polar surface area (TPSA) is 3.24 Å². The van der Waals surface area contributed by atoms with E-state index in [-0.39, 0.29) is 0 Å². The summed E-state index contributed by atoms with van der Waals surface area (Å²) in [5.41, 5.74) is 0.500. The van der Waals surface area contributed by atoms with Crippen LogP contribution < -0.4 is 0 Å². The van der Waals surface area contributed by atoms with Crippen LogP contribution in [0.1, 0.15) is 67.7 Å². The van der Waals surface area contributed by atoms with Crippen molar-refractivity contribution in [2.24, 2.45) is 5.41 Å². The number of rotatable bonds is 6. The quantitative estimate of drug-likeness (QED) is 0.594. The maximum absolute atomic E-state index is 2.59. The Hall–Kier alpha value is -0.0400. The van der Waals surface area contributed by atoms with Crippen molar-refractivity contribution in [3.05, 3.63) is 0 Å². The highest BCUT2D eigenvalue weighted by Gasteiger charge is 2.14. The molecule has 0 radical (unpaired) electrons. The van der Waals surface area contributed by atoms with Crippen LogP contribution >= 0.6 is 0 Å². The summed E-state index contributed by atoms with van der Waals surface area (Å²) in [6, 6.07) is 1.36. The molecule has 0 atom stereocenters. The van der Waals surface area contributed by atoms with E-state index in [0.717, 1.165) is 0 Å². The van der Waals surface area contributed by atoms with E-state index in [9.17, 15) is 0 Å². The summed E-state index contributed by atoms with van der Waals surface area (Å²) in [7, 11) is 0. The number of nitrogens with zero attached hydrogens (tertiary/aromatic N) is 1. The molecule has 0 aromatic carbocycles. The molecule has 0 aliphatic rings. The van der Waals surface area contributed by atoms with Crippen LogP contribution in [-0.4, -0.2) is 23.5 Å². The van der Waals surface area contributed by atoms with Crippen LogP contribution in [0, 0.1) is 5.41 Å². The van der Waals surface area contributed by atoms with E-state index in [1.54, 1.807) is 0 Å². The van der Waals surface area contributed by atoms with E-state index in [0.29, 0.717) is 17.5 Å². The number of unbranched alkanes of at least 4 members (excludes halogenated alkanes) is 1. The smallest absolute Gasteiger partial charge is 0.00412 e. The first-order valence-corrected chi connectivity index (χ1v) is 6.50. The van der Waals surface area contributed by atoms with Gasteiger partial charge in [0.05, 0.1) is 0 Å². The van der Waals surface area contributed by atoms with Gasteiger partial charge in [-0.3, -0.25) is 4.90 Å². The minimum atomic E-state index is 0.500. The maximum atomic E-state index is 2.59. The highest BCUT2D eigenvalue weighted by molar-refractivity contribution is 4.68. The van der Waals surface area contributed by atoms with Crippen molar-refractivity contribution in [2.45, 2.75) is 79.8 Å². The molecule has 0 N–H and O–H groups in total. The van der Waals surface area contributed by atoms with E-state index >= 15 is 0 Å². The van der Waals surface area contributed by atoms with Gasteiger partial charge in [-0.2, -0.15) is 0 Å². The molecule has 0 fully saturated rings. The van der Waals surface area contributed by atoms with E-state index in [2.05, 4.69) is 53.4 Å². The molecule has 0 bridgehead atoms. The Morgan fingerprint density at radius 3 is 1.67 bits per heavy atom. The van der Waals surface area contributed by atoms with Crippen LogP contribution in [0.3, 0.4) is 0 Å². The Morgan fingerprint density at radius 1 is 0.867 bits per heavy atom. The Labute approximate surface area is 97.2 Å². The van der Waals surface area contributed by atoms with Gasteiger partial charge in [0.1, 0.15) is 0 Å². The molecule has 0 spiro atoms. The highest BCUT2D eigenvalue weighted by atomic mass is 15.2. The number of hydrogen-bond acceptors (Lipinski definition) is 1. The molecule has 0 saturated carbocycles. The molecule has 15 heavy (non-hydrogen) atoms. The van der Waals surface area contributed by atoms with Gasteiger partial charge in [0.2, 0.25) is 0 Å². The summed E-state index contributed by atoms with van der Waals surface area (Å²) in [5, 5.41) is 0. The lowest BCUT2D eigenvalue weighted by Gasteiger charge is -2.30. The van der Waals surface area contributed by atoms with Crippen molar-refractivity contribution >= 4 is 0 Å². The van der Waals surface area contributed by atoms with Gasteiger partial charge < -0.3 is 0 Å². The van der Waals surface area contributed by atoms with Gasteiger partial charge in [0.15, 0.2) is 0 Å². The van der Waals surface area contributed by atoms with Crippen molar-refractivity contribution in [1.29, 1.82) is 0 Å². The molecule has 0 saturated heterocycles. The molecule has 0 heterocycles. The molecule has 1 heteroatoms. The van der Waals surface area contributed by atoms with Gasteiger partial charge in [0, 0.05) is 12.1 Å². The molecule has 0 amide bonds. The number of hydrogen-bond donors (Lipinski definition) is 0. The molecule has 0 aromatic heterocycles. The third kappa shape index (κ3) is 7.84. The summed E-state index contributed by atoms with van der Waals surface area (Å²) < 4.78 is 0. The summed E-state index contributed by atoms with van der Waals surface area (Å²) in [5.74, 6) is 0. The first kappa shape index (κ1) is 15.0. The average Bonchev–Trinajstić information content (AvgIpc) is 2.00. The zero-order valence-electron chi connectivity index (χ0n) is 11.9. The molecular weight excluding hydrogens is 182 g/mol. The zero-order chi connectivity index (χ0) is 12.1. The second-order valence-electron chi connectivity index (χ2n) is 6.44. The van der Waals surface area contributed by atoms with E-state index < -0.39 is 0 Å². The fraction of sp³-hybridized carbons (Fsp3) is 1.00. The lowest BCUT2D eigenvalue weighted by atomic mass is 9.90. The molecule has 0 aromatic rings. The van der Waals surface area contributed by atoms with E-state index in [4.69, 9.17) is 0 Å². The molecule has 0 rings (SSSR count). The second-order valence-corrected chi connectivity index (χ2v) is 6.44. The van der Waals surface area contributed by atoms with E-state index in [1.165, 1.54) is 25.8 Å². The van der Waals surface area contributed by atoms with Gasteiger partial charge in [-0.05, 0) is 52.5 Å². The SMILES string of the molecule is CC(C)N(CCCCC(C)(C)C)C(C)C. The predicted octanol–water partition coefficient (Wildman–Crippen LogP) is 4.32. The molecular formula is C14H31N. The Kier molecular flexibility index (Phi) is 6.51. The average molecular weight is 213 g/mol. The fourth-order valence-corrected chi connectivity index (χ4v) is 2.06. The van der Waals surface area contributed by atoms with Crippen LogP contribution in [0.15, 0.2) is 0 Å². The third-order valence-corrected chi connectivity index (χ3v) is 2.92. The first-order valence-electron chi connectivity index (χ1n) is 6.50. The van der Waals surface area contributed by atoms with Gasteiger partial charge in [-0.15, -0.1) is 0 Å². The van der Waals surface area contributed by atoms with Crippen LogP contribution in [-0.2, 0) is 0 Å². The van der Waals surface area contributed by atoms with Crippen molar-refractivity contribution in [3.8, 4) is 0 Å². The highest BCUT2D eigenvalue weighted by Crippen LogP contribution is 2.21. The maximum Gasteiger partial charge on any atom is 0.00412 e. The zero-order valence-corrected chi connectivity index (χ0v) is 11.9. The minimum absolute atomic E-state index is 0.500. The molecule has 1 nitrogen and oxygen atoms in total. The lowest BCUT2D eigenvalue weighted by Crippen LogP contribution is -2.37. The second kappa shape index (κ2) is 6.52. The Morgan fingerprint density at radius 2 is 1.33 bits per heavy atom. The largest absolute Gasteiger partial charge is 0.299 e. The van der Waals surface area contributed by atoms with Gasteiger partial charge in [0.25, 0.3) is 0 Å². The molecule has 0 aliphatic heterocycles. The van der Waals surface area contributed by atoms with Gasteiger partial charge in [-0.1, -0.05) is 27.2 Å². The minimum Gasteiger partial charge on any atom is -0.299 e. The predicted molar refractivity (Wildman–Crippen MR) is 70.3 cm³/mol. The Balaban J connectivity index is 3.73. The van der Waals surface area contributed by atoms with Crippen molar-refractivity contribution in [2.75, 3.05) is 6.54 Å². The van der Waals surface area contributed by atoms with Crippen LogP contribution in [0.5, 0.6) is 0 Å². The standard InChI is InChI=1S/C14H31N/c1-12(2)15(13(3)4)11-9-8-10-14(5,6)7/h12-13H,8-11H2,1-7H3.